The van der Waals surface area contributed by atoms with Crippen LogP contribution in [0.5, 0.6) is 0 Å². The Hall–Kier alpha value is -1.51. The molecule has 0 aliphatic carbocycles. The highest BCUT2D eigenvalue weighted by Gasteiger charge is 2.00. The van der Waals surface area contributed by atoms with Gasteiger partial charge in [0.25, 0.3) is 0 Å². The summed E-state index contributed by atoms with van der Waals surface area (Å²) in [6.07, 6.45) is 1.81. The van der Waals surface area contributed by atoms with Crippen molar-refractivity contribution in [3.8, 4) is 0 Å². The van der Waals surface area contributed by atoms with E-state index in [0.29, 0.717) is 6.04 Å². The first-order valence-electron chi connectivity index (χ1n) is 4.46. The molecule has 68 valence electrons. The van der Waals surface area contributed by atoms with Crippen LogP contribution in [0.2, 0.25) is 0 Å². The monoisotopic (exact) mass is 175 g/mol. The minimum atomic E-state index is 0.414. The van der Waals surface area contributed by atoms with Crippen molar-refractivity contribution in [3.63, 3.8) is 0 Å². The van der Waals surface area contributed by atoms with Gasteiger partial charge in [0.15, 0.2) is 0 Å². The predicted octanol–water partition coefficient (Wildman–Crippen LogP) is 1.99. The summed E-state index contributed by atoms with van der Waals surface area (Å²) < 4.78 is 1.96. The van der Waals surface area contributed by atoms with Crippen LogP contribution in [0.1, 0.15) is 13.8 Å². The zero-order valence-electron chi connectivity index (χ0n) is 7.86. The van der Waals surface area contributed by atoms with Gasteiger partial charge in [-0.2, -0.15) is 0 Å². The molecule has 0 bridgehead atoms. The van der Waals surface area contributed by atoms with E-state index in [0.717, 1.165) is 11.0 Å². The molecule has 13 heavy (non-hydrogen) atoms. The number of rotatable bonds is 2. The third kappa shape index (κ3) is 1.49. The molecule has 3 nitrogen and oxygen atoms in total. The topological polar surface area (TPSA) is 29.9 Å². The van der Waals surface area contributed by atoms with Crippen LogP contribution in [0.4, 0.5) is 0 Å². The molecule has 1 aromatic carbocycles. The largest absolute Gasteiger partial charge is 0.322 e. The standard InChI is InChI=1S/C10H13N3/c1-8(2)12-13-7-11-9-5-3-4-6-10(9)13/h3-8,12H,1-2H3. The van der Waals surface area contributed by atoms with Gasteiger partial charge < -0.3 is 5.43 Å². The third-order valence-electron chi connectivity index (χ3n) is 1.85. The van der Waals surface area contributed by atoms with Crippen molar-refractivity contribution in [1.82, 2.24) is 9.66 Å². The summed E-state index contributed by atoms with van der Waals surface area (Å²) >= 11 is 0. The van der Waals surface area contributed by atoms with Gasteiger partial charge in [-0.1, -0.05) is 12.1 Å². The van der Waals surface area contributed by atoms with Gasteiger partial charge in [-0.25, -0.2) is 9.66 Å². The normalized spacial score (nSPS) is 11.0. The van der Waals surface area contributed by atoms with E-state index in [2.05, 4.69) is 30.3 Å². The molecular formula is C10H13N3. The Morgan fingerprint density at radius 1 is 1.31 bits per heavy atom. The smallest absolute Gasteiger partial charge is 0.115 e. The fourth-order valence-corrected chi connectivity index (χ4v) is 1.34. The van der Waals surface area contributed by atoms with Crippen LogP contribution in [0, 0.1) is 0 Å². The van der Waals surface area contributed by atoms with Crippen LogP contribution in [-0.2, 0) is 0 Å². The van der Waals surface area contributed by atoms with E-state index < -0.39 is 0 Å². The van der Waals surface area contributed by atoms with Gasteiger partial charge in [-0.15, -0.1) is 0 Å². The Balaban J connectivity index is 2.46. The molecule has 0 atom stereocenters. The summed E-state index contributed by atoms with van der Waals surface area (Å²) in [7, 11) is 0. The second-order valence-corrected chi connectivity index (χ2v) is 3.39. The number of aromatic nitrogens is 2. The lowest BCUT2D eigenvalue weighted by atomic mass is 10.3. The van der Waals surface area contributed by atoms with Gasteiger partial charge in [0.05, 0.1) is 11.0 Å². The average Bonchev–Trinajstić information content (AvgIpc) is 2.48. The lowest BCUT2D eigenvalue weighted by molar-refractivity contribution is 0.750. The maximum Gasteiger partial charge on any atom is 0.115 e. The average molecular weight is 175 g/mol. The van der Waals surface area contributed by atoms with E-state index in [-0.39, 0.29) is 0 Å². The van der Waals surface area contributed by atoms with Crippen molar-refractivity contribution in [3.05, 3.63) is 30.6 Å². The summed E-state index contributed by atoms with van der Waals surface area (Å²) in [6.45, 7) is 4.21. The predicted molar refractivity (Wildman–Crippen MR) is 54.2 cm³/mol. The minimum Gasteiger partial charge on any atom is -0.322 e. The van der Waals surface area contributed by atoms with Crippen molar-refractivity contribution in [2.24, 2.45) is 0 Å². The highest BCUT2D eigenvalue weighted by atomic mass is 15.4. The van der Waals surface area contributed by atoms with E-state index in [9.17, 15) is 0 Å². The zero-order valence-corrected chi connectivity index (χ0v) is 7.86. The number of hydrogen-bond acceptors (Lipinski definition) is 2. The van der Waals surface area contributed by atoms with Crippen molar-refractivity contribution in [2.45, 2.75) is 19.9 Å². The van der Waals surface area contributed by atoms with Gasteiger partial charge in [-0.05, 0) is 26.0 Å². The van der Waals surface area contributed by atoms with E-state index >= 15 is 0 Å². The summed E-state index contributed by atoms with van der Waals surface area (Å²) in [5.41, 5.74) is 5.43. The molecule has 0 spiro atoms. The molecule has 1 heterocycles. The molecule has 0 fully saturated rings. The molecule has 0 saturated carbocycles. The molecule has 0 amide bonds. The second kappa shape index (κ2) is 3.09. The van der Waals surface area contributed by atoms with Crippen LogP contribution < -0.4 is 5.43 Å². The summed E-state index contributed by atoms with van der Waals surface area (Å²) in [5, 5.41) is 0. The summed E-state index contributed by atoms with van der Waals surface area (Å²) in [4.78, 5) is 4.27. The van der Waals surface area contributed by atoms with Crippen molar-refractivity contribution in [1.29, 1.82) is 0 Å². The number of benzene rings is 1. The van der Waals surface area contributed by atoms with Crippen molar-refractivity contribution < 1.29 is 0 Å². The molecule has 0 unspecified atom stereocenters. The lowest BCUT2D eigenvalue weighted by Gasteiger charge is -2.10. The van der Waals surface area contributed by atoms with E-state index in [1.165, 1.54) is 0 Å². The Morgan fingerprint density at radius 3 is 2.85 bits per heavy atom. The summed E-state index contributed by atoms with van der Waals surface area (Å²) in [6, 6.07) is 8.49. The molecule has 0 aliphatic heterocycles. The number of imidazole rings is 1. The second-order valence-electron chi connectivity index (χ2n) is 3.39. The fraction of sp³-hybridized carbons (Fsp3) is 0.300. The van der Waals surface area contributed by atoms with E-state index in [1.54, 1.807) is 0 Å². The summed E-state index contributed by atoms with van der Waals surface area (Å²) in [5.74, 6) is 0. The van der Waals surface area contributed by atoms with Gasteiger partial charge in [-0.3, -0.25) is 0 Å². The molecule has 1 N–H and O–H groups in total. The van der Waals surface area contributed by atoms with Crippen LogP contribution in [-0.4, -0.2) is 15.7 Å². The van der Waals surface area contributed by atoms with Crippen LogP contribution >= 0.6 is 0 Å². The molecule has 3 heteroatoms. The maximum atomic E-state index is 4.27. The molecule has 2 aromatic rings. The van der Waals surface area contributed by atoms with Crippen molar-refractivity contribution >= 4 is 11.0 Å². The highest BCUT2D eigenvalue weighted by molar-refractivity contribution is 5.75. The minimum absolute atomic E-state index is 0.414. The zero-order chi connectivity index (χ0) is 9.26. The third-order valence-corrected chi connectivity index (χ3v) is 1.85. The quantitative estimate of drug-likeness (QED) is 0.756. The molecule has 1 aromatic heterocycles. The Morgan fingerprint density at radius 2 is 2.08 bits per heavy atom. The number of fused-ring (bicyclic) bond motifs is 1. The molecular weight excluding hydrogens is 162 g/mol. The number of nitrogens with one attached hydrogen (secondary N) is 1. The molecule has 0 aliphatic rings. The van der Waals surface area contributed by atoms with Crippen LogP contribution in [0.3, 0.4) is 0 Å². The lowest BCUT2D eigenvalue weighted by Crippen LogP contribution is -2.20. The Labute approximate surface area is 77.4 Å². The van der Waals surface area contributed by atoms with Crippen LogP contribution in [0.15, 0.2) is 30.6 Å². The fourth-order valence-electron chi connectivity index (χ4n) is 1.34. The Bertz CT molecular complexity index is 403. The molecule has 0 radical (unpaired) electrons. The van der Waals surface area contributed by atoms with Gasteiger partial charge in [0.2, 0.25) is 0 Å². The van der Waals surface area contributed by atoms with Gasteiger partial charge in [0, 0.05) is 6.04 Å². The van der Waals surface area contributed by atoms with Crippen LogP contribution in [0.25, 0.3) is 11.0 Å². The van der Waals surface area contributed by atoms with E-state index in [1.807, 2.05) is 29.2 Å². The van der Waals surface area contributed by atoms with Crippen molar-refractivity contribution in [2.75, 3.05) is 5.43 Å². The van der Waals surface area contributed by atoms with Gasteiger partial charge in [0.1, 0.15) is 6.33 Å². The number of para-hydroxylation sites is 2. The number of hydrogen-bond donors (Lipinski definition) is 1. The number of nitrogens with zero attached hydrogens (tertiary/aromatic N) is 2. The Kier molecular flexibility index (Phi) is 1.93. The van der Waals surface area contributed by atoms with E-state index in [4.69, 9.17) is 0 Å². The maximum absolute atomic E-state index is 4.27. The van der Waals surface area contributed by atoms with Gasteiger partial charge >= 0.3 is 0 Å². The first kappa shape index (κ1) is 8.10. The highest BCUT2D eigenvalue weighted by Crippen LogP contribution is 2.09. The molecule has 2 rings (SSSR count). The molecule has 0 saturated heterocycles. The SMILES string of the molecule is CC(C)Nn1cnc2ccccc21. The first-order chi connectivity index (χ1) is 6.27. The first-order valence-corrected chi connectivity index (χ1v) is 4.46.